The van der Waals surface area contributed by atoms with Crippen LogP contribution in [0.2, 0.25) is 0 Å². The Morgan fingerprint density at radius 3 is 2.62 bits per heavy atom. The van der Waals surface area contributed by atoms with E-state index in [0.29, 0.717) is 33.7 Å². The summed E-state index contributed by atoms with van der Waals surface area (Å²) < 4.78 is 17.5. The number of alkyl halides is 1. The highest BCUT2D eigenvalue weighted by atomic mass is 19.1. The van der Waals surface area contributed by atoms with Gasteiger partial charge in [-0.15, -0.1) is 0 Å². The van der Waals surface area contributed by atoms with Crippen LogP contribution in [0.4, 0.5) is 20.7 Å². The first-order valence-electron chi connectivity index (χ1n) is 7.92. The molecule has 0 saturated heterocycles. The molecule has 0 saturated carbocycles. The van der Waals surface area contributed by atoms with Gasteiger partial charge in [0.25, 0.3) is 0 Å². The number of ketones is 1. The third kappa shape index (κ3) is 3.97. The molecule has 3 rings (SSSR count). The molecule has 0 fully saturated rings. The fourth-order valence-electron chi connectivity index (χ4n) is 2.39. The van der Waals surface area contributed by atoms with Crippen molar-refractivity contribution >= 4 is 34.2 Å². The molecule has 0 bridgehead atoms. The number of benzene rings is 2. The number of halogens is 1. The van der Waals surface area contributed by atoms with Gasteiger partial charge in [0.1, 0.15) is 19.0 Å². The summed E-state index contributed by atoms with van der Waals surface area (Å²) in [5.41, 5.74) is 1.81. The fraction of sp³-hybridized carbons (Fsp3) is 0.167. The summed E-state index contributed by atoms with van der Waals surface area (Å²) in [6.45, 7) is 0.853. The number of aromatic amines is 1. The number of amides is 2. The summed E-state index contributed by atoms with van der Waals surface area (Å²) in [6, 6.07) is 11.2. The van der Waals surface area contributed by atoms with E-state index in [1.54, 1.807) is 42.5 Å². The lowest BCUT2D eigenvalue weighted by Gasteiger charge is -2.07. The molecule has 2 aromatic carbocycles. The van der Waals surface area contributed by atoms with Gasteiger partial charge in [-0.2, -0.15) is 5.10 Å². The summed E-state index contributed by atoms with van der Waals surface area (Å²) >= 11 is 0. The van der Waals surface area contributed by atoms with Crippen LogP contribution in [0.15, 0.2) is 42.5 Å². The molecule has 1 heterocycles. The zero-order valence-corrected chi connectivity index (χ0v) is 14.0. The van der Waals surface area contributed by atoms with Crippen molar-refractivity contribution in [3.8, 4) is 5.75 Å². The van der Waals surface area contributed by atoms with Gasteiger partial charge in [-0.1, -0.05) is 0 Å². The highest BCUT2D eigenvalue weighted by Gasteiger charge is 2.11. The van der Waals surface area contributed by atoms with Crippen LogP contribution in [0, 0.1) is 0 Å². The van der Waals surface area contributed by atoms with Gasteiger partial charge in [-0.05, 0) is 49.4 Å². The van der Waals surface area contributed by atoms with Gasteiger partial charge in [0.2, 0.25) is 0 Å². The minimum Gasteiger partial charge on any atom is -0.491 e. The maximum atomic E-state index is 12.2. The van der Waals surface area contributed by atoms with Crippen molar-refractivity contribution in [2.45, 2.75) is 6.92 Å². The molecule has 0 unspecified atom stereocenters. The Labute approximate surface area is 148 Å². The van der Waals surface area contributed by atoms with Gasteiger partial charge < -0.3 is 10.1 Å². The predicted molar refractivity (Wildman–Crippen MR) is 96.7 cm³/mol. The number of H-pyrrole nitrogens is 1. The maximum absolute atomic E-state index is 12.2. The van der Waals surface area contributed by atoms with Gasteiger partial charge in [-0.25, -0.2) is 9.18 Å². The highest BCUT2D eigenvalue weighted by Crippen LogP contribution is 2.25. The maximum Gasteiger partial charge on any atom is 0.324 e. The first-order chi connectivity index (χ1) is 12.6. The number of urea groups is 1. The standard InChI is InChI=1S/C18H17FN4O3/c1-11(24)12-2-4-13(5-3-12)20-18(25)21-17-15-10-14(26-9-8-19)6-7-16(15)22-23-17/h2-7,10H,8-9H2,1H3,(H3,20,21,22,23,25). The lowest BCUT2D eigenvalue weighted by Crippen LogP contribution is -2.19. The van der Waals surface area contributed by atoms with E-state index in [1.165, 1.54) is 6.92 Å². The normalized spacial score (nSPS) is 10.5. The molecule has 3 aromatic rings. The van der Waals surface area contributed by atoms with Crippen LogP contribution in [0.5, 0.6) is 5.75 Å². The Hall–Kier alpha value is -3.42. The number of nitrogens with zero attached hydrogens (tertiary/aromatic N) is 1. The zero-order chi connectivity index (χ0) is 18.5. The first-order valence-corrected chi connectivity index (χ1v) is 7.92. The molecular formula is C18H17FN4O3. The second-order valence-corrected chi connectivity index (χ2v) is 5.53. The molecule has 26 heavy (non-hydrogen) atoms. The Bertz CT molecular complexity index is 937. The van der Waals surface area contributed by atoms with Crippen molar-refractivity contribution in [3.63, 3.8) is 0 Å². The quantitative estimate of drug-likeness (QED) is 0.586. The molecule has 0 aliphatic rings. The lowest BCUT2D eigenvalue weighted by atomic mass is 10.1. The summed E-state index contributed by atoms with van der Waals surface area (Å²) in [6.07, 6.45) is 0. The van der Waals surface area contributed by atoms with Gasteiger partial charge in [-0.3, -0.25) is 15.2 Å². The van der Waals surface area contributed by atoms with Crippen molar-refractivity contribution in [1.82, 2.24) is 10.2 Å². The van der Waals surface area contributed by atoms with E-state index in [2.05, 4.69) is 20.8 Å². The number of hydrogen-bond acceptors (Lipinski definition) is 4. The largest absolute Gasteiger partial charge is 0.491 e. The molecule has 8 heteroatoms. The van der Waals surface area contributed by atoms with Gasteiger partial charge in [0.05, 0.1) is 5.52 Å². The minimum absolute atomic E-state index is 0.0388. The molecule has 0 aliphatic carbocycles. The molecular weight excluding hydrogens is 339 g/mol. The molecule has 0 spiro atoms. The number of nitrogens with one attached hydrogen (secondary N) is 3. The summed E-state index contributed by atoms with van der Waals surface area (Å²) in [5.74, 6) is 0.762. The summed E-state index contributed by atoms with van der Waals surface area (Å²) in [4.78, 5) is 23.4. The van der Waals surface area contributed by atoms with E-state index < -0.39 is 12.7 Å². The molecule has 1 aromatic heterocycles. The van der Waals surface area contributed by atoms with Crippen molar-refractivity contribution in [3.05, 3.63) is 48.0 Å². The monoisotopic (exact) mass is 356 g/mol. The number of aromatic nitrogens is 2. The van der Waals surface area contributed by atoms with Gasteiger partial charge >= 0.3 is 6.03 Å². The van der Waals surface area contributed by atoms with Crippen molar-refractivity contribution in [2.24, 2.45) is 0 Å². The van der Waals surface area contributed by atoms with Crippen LogP contribution in [-0.2, 0) is 0 Å². The smallest absolute Gasteiger partial charge is 0.324 e. The highest BCUT2D eigenvalue weighted by molar-refractivity contribution is 6.05. The lowest BCUT2D eigenvalue weighted by molar-refractivity contribution is 0.101. The van der Waals surface area contributed by atoms with E-state index in [-0.39, 0.29) is 12.4 Å². The fourth-order valence-corrected chi connectivity index (χ4v) is 2.39. The van der Waals surface area contributed by atoms with Crippen molar-refractivity contribution in [1.29, 1.82) is 0 Å². The number of anilines is 2. The van der Waals surface area contributed by atoms with E-state index in [9.17, 15) is 14.0 Å². The van der Waals surface area contributed by atoms with Crippen LogP contribution in [0.25, 0.3) is 10.9 Å². The third-order valence-corrected chi connectivity index (χ3v) is 3.66. The van der Waals surface area contributed by atoms with E-state index in [1.807, 2.05) is 0 Å². The number of Topliss-reactive ketones (excluding diaryl/α,β-unsaturated/α-hetero) is 1. The first kappa shape index (κ1) is 17.4. The van der Waals surface area contributed by atoms with Crippen molar-refractivity contribution < 1.29 is 18.7 Å². The van der Waals surface area contributed by atoms with Crippen LogP contribution < -0.4 is 15.4 Å². The van der Waals surface area contributed by atoms with Crippen LogP contribution in [0.1, 0.15) is 17.3 Å². The topological polar surface area (TPSA) is 96.1 Å². The SMILES string of the molecule is CC(=O)c1ccc(NC(=O)Nc2n[nH]c3ccc(OCCF)cc23)cc1. The minimum atomic E-state index is -0.584. The average Bonchev–Trinajstić information content (AvgIpc) is 3.02. The molecule has 134 valence electrons. The van der Waals surface area contributed by atoms with Gasteiger partial charge in [0, 0.05) is 16.6 Å². The second-order valence-electron chi connectivity index (χ2n) is 5.53. The van der Waals surface area contributed by atoms with E-state index >= 15 is 0 Å². The summed E-state index contributed by atoms with van der Waals surface area (Å²) in [7, 11) is 0. The van der Waals surface area contributed by atoms with Crippen LogP contribution in [0.3, 0.4) is 0 Å². The van der Waals surface area contributed by atoms with Crippen molar-refractivity contribution in [2.75, 3.05) is 23.9 Å². The molecule has 0 atom stereocenters. The third-order valence-electron chi connectivity index (χ3n) is 3.66. The van der Waals surface area contributed by atoms with Crippen LogP contribution in [-0.4, -0.2) is 35.3 Å². The summed E-state index contributed by atoms with van der Waals surface area (Å²) in [5, 5.41) is 12.8. The molecule has 7 nitrogen and oxygen atoms in total. The predicted octanol–water partition coefficient (Wildman–Crippen LogP) is 3.76. The Kier molecular flexibility index (Phi) is 5.12. The van der Waals surface area contributed by atoms with Crippen LogP contribution >= 0.6 is 0 Å². The number of ether oxygens (including phenoxy) is 1. The average molecular weight is 356 g/mol. The number of rotatable bonds is 6. The Balaban J connectivity index is 1.71. The molecule has 0 radical (unpaired) electrons. The van der Waals surface area contributed by atoms with E-state index in [0.717, 1.165) is 0 Å². The van der Waals surface area contributed by atoms with Gasteiger partial charge in [0.15, 0.2) is 11.6 Å². The number of carbonyl (C=O) groups is 2. The molecule has 3 N–H and O–H groups in total. The van der Waals surface area contributed by atoms with E-state index in [4.69, 9.17) is 4.74 Å². The number of carbonyl (C=O) groups excluding carboxylic acids is 2. The molecule has 2 amide bonds. The molecule has 0 aliphatic heterocycles. The zero-order valence-electron chi connectivity index (χ0n) is 14.0. The number of fused-ring (bicyclic) bond motifs is 1. The second kappa shape index (κ2) is 7.64. The Morgan fingerprint density at radius 2 is 1.92 bits per heavy atom. The Morgan fingerprint density at radius 1 is 1.15 bits per heavy atom. The number of hydrogen-bond donors (Lipinski definition) is 3.